The van der Waals surface area contributed by atoms with Crippen LogP contribution in [0.3, 0.4) is 0 Å². The fourth-order valence-electron chi connectivity index (χ4n) is 5.15. The normalized spacial score (nSPS) is 20.5. The Morgan fingerprint density at radius 2 is 1.69 bits per heavy atom. The van der Waals surface area contributed by atoms with E-state index in [1.54, 1.807) is 11.8 Å². The van der Waals surface area contributed by atoms with E-state index in [9.17, 15) is 9.59 Å². The number of carbonyl (C=O) groups excluding carboxylic acids is 2. The molecule has 186 valence electrons. The van der Waals surface area contributed by atoms with Crippen LogP contribution in [-0.4, -0.2) is 28.1 Å². The van der Waals surface area contributed by atoms with Crippen LogP contribution in [-0.2, 0) is 11.3 Å². The predicted molar refractivity (Wildman–Crippen MR) is 144 cm³/mol. The number of carbonyl (C=O) groups is 2. The Labute approximate surface area is 217 Å². The van der Waals surface area contributed by atoms with E-state index < -0.39 is 0 Å². The fraction of sp³-hybridized carbons (Fsp3) is 0.333. The van der Waals surface area contributed by atoms with Gasteiger partial charge in [-0.1, -0.05) is 74.5 Å². The number of nitrogens with zero attached hydrogens (tertiary/aromatic N) is 1. The van der Waals surface area contributed by atoms with Gasteiger partial charge in [0.25, 0.3) is 5.91 Å². The van der Waals surface area contributed by atoms with Crippen LogP contribution < -0.4 is 10.1 Å². The van der Waals surface area contributed by atoms with Crippen LogP contribution >= 0.6 is 11.8 Å². The fourth-order valence-corrected chi connectivity index (χ4v) is 6.34. The van der Waals surface area contributed by atoms with E-state index in [1.807, 2.05) is 83.8 Å². The van der Waals surface area contributed by atoms with Crippen LogP contribution in [0.15, 0.2) is 78.9 Å². The minimum atomic E-state index is -0.273. The largest absolute Gasteiger partial charge is 0.487 e. The molecule has 1 N–H and O–H groups in total. The van der Waals surface area contributed by atoms with Crippen LogP contribution in [0.1, 0.15) is 71.6 Å². The molecular weight excluding hydrogens is 468 g/mol. The second-order valence-electron chi connectivity index (χ2n) is 9.55. The molecule has 0 spiro atoms. The lowest BCUT2D eigenvalue weighted by atomic mass is 9.83. The van der Waals surface area contributed by atoms with Gasteiger partial charge in [0.1, 0.15) is 16.7 Å². The highest BCUT2D eigenvalue weighted by molar-refractivity contribution is 8.00. The molecule has 3 aromatic carbocycles. The zero-order valence-corrected chi connectivity index (χ0v) is 21.6. The summed E-state index contributed by atoms with van der Waals surface area (Å²) in [6.07, 6.45) is 2.52. The first-order valence-electron chi connectivity index (χ1n) is 12.7. The Morgan fingerprint density at radius 1 is 1.00 bits per heavy atom. The third kappa shape index (κ3) is 4.87. The van der Waals surface area contributed by atoms with Gasteiger partial charge in [0, 0.05) is 24.1 Å². The lowest BCUT2D eigenvalue weighted by Crippen LogP contribution is -2.44. The van der Waals surface area contributed by atoms with Crippen molar-refractivity contribution in [3.63, 3.8) is 0 Å². The van der Waals surface area contributed by atoms with Crippen molar-refractivity contribution >= 4 is 23.6 Å². The number of fused-ring (bicyclic) bond motifs is 1. The predicted octanol–water partition coefficient (Wildman–Crippen LogP) is 6.27. The maximum Gasteiger partial charge on any atom is 0.251 e. The van der Waals surface area contributed by atoms with Crippen LogP contribution in [0.25, 0.3) is 0 Å². The standard InChI is InChI=1S/C30H32N2O3S/c1-3-30(4-2)18-25(24-12-8-9-13-26(24)35-30)31-28(34)22-14-16-23(17-15-22)29-32(27(33)20-36-29)19-21-10-6-5-7-11-21/h5-17,25,29H,3-4,18-20H2,1-2H3,(H,31,34). The number of amides is 2. The van der Waals surface area contributed by atoms with E-state index >= 15 is 0 Å². The molecule has 0 bridgehead atoms. The SMILES string of the molecule is CCC1(CC)CC(NC(=O)c2ccc(C3SCC(=O)N3Cc3ccccc3)cc2)c2ccccc2O1. The number of nitrogens with one attached hydrogen (secondary N) is 1. The first-order chi connectivity index (χ1) is 17.5. The van der Waals surface area contributed by atoms with E-state index in [4.69, 9.17) is 4.74 Å². The van der Waals surface area contributed by atoms with Gasteiger partial charge in [-0.25, -0.2) is 0 Å². The van der Waals surface area contributed by atoms with Gasteiger partial charge >= 0.3 is 0 Å². The molecule has 2 aliphatic rings. The van der Waals surface area contributed by atoms with Crippen molar-refractivity contribution in [2.24, 2.45) is 0 Å². The molecule has 2 aliphatic heterocycles. The number of para-hydroxylation sites is 1. The van der Waals surface area contributed by atoms with Crippen LogP contribution in [0.2, 0.25) is 0 Å². The Kier molecular flexibility index (Phi) is 7.06. The second kappa shape index (κ2) is 10.4. The third-order valence-electron chi connectivity index (χ3n) is 7.41. The molecule has 5 nitrogen and oxygen atoms in total. The highest BCUT2D eigenvalue weighted by Gasteiger charge is 2.39. The van der Waals surface area contributed by atoms with Gasteiger partial charge in [0.2, 0.25) is 5.91 Å². The molecule has 6 heteroatoms. The summed E-state index contributed by atoms with van der Waals surface area (Å²) in [7, 11) is 0. The molecule has 2 unspecified atom stereocenters. The lowest BCUT2D eigenvalue weighted by molar-refractivity contribution is -0.128. The van der Waals surface area contributed by atoms with E-state index in [-0.39, 0.29) is 28.8 Å². The first-order valence-corrected chi connectivity index (χ1v) is 13.7. The molecule has 36 heavy (non-hydrogen) atoms. The Balaban J connectivity index is 1.31. The van der Waals surface area contributed by atoms with Crippen LogP contribution in [0.5, 0.6) is 5.75 Å². The van der Waals surface area contributed by atoms with Gasteiger partial charge in [-0.3, -0.25) is 9.59 Å². The first kappa shape index (κ1) is 24.4. The Hall–Kier alpha value is -3.25. The Morgan fingerprint density at radius 3 is 2.42 bits per heavy atom. The molecule has 0 saturated carbocycles. The maximum atomic E-state index is 13.3. The number of hydrogen-bond acceptors (Lipinski definition) is 4. The van der Waals surface area contributed by atoms with E-state index in [1.165, 1.54) is 0 Å². The van der Waals surface area contributed by atoms with Gasteiger partial charge < -0.3 is 15.0 Å². The van der Waals surface area contributed by atoms with Gasteiger partial charge in [-0.2, -0.15) is 0 Å². The highest BCUT2D eigenvalue weighted by atomic mass is 32.2. The zero-order valence-electron chi connectivity index (χ0n) is 20.8. The molecule has 0 radical (unpaired) electrons. The number of benzene rings is 3. The van der Waals surface area contributed by atoms with Crippen molar-refractivity contribution in [2.75, 3.05) is 5.75 Å². The van der Waals surface area contributed by atoms with Crippen LogP contribution in [0, 0.1) is 0 Å². The van der Waals surface area contributed by atoms with E-state index in [2.05, 4.69) is 19.2 Å². The monoisotopic (exact) mass is 500 g/mol. The summed E-state index contributed by atoms with van der Waals surface area (Å²) in [6, 6.07) is 25.6. The summed E-state index contributed by atoms with van der Waals surface area (Å²) >= 11 is 1.63. The molecule has 1 fully saturated rings. The molecule has 2 heterocycles. The molecule has 2 amide bonds. The number of hydrogen-bond donors (Lipinski definition) is 1. The summed E-state index contributed by atoms with van der Waals surface area (Å²) in [6.45, 7) is 4.86. The quantitative estimate of drug-likeness (QED) is 0.415. The lowest BCUT2D eigenvalue weighted by Gasteiger charge is -2.41. The van der Waals surface area contributed by atoms with Crippen molar-refractivity contribution < 1.29 is 14.3 Å². The minimum absolute atomic E-state index is 0.0492. The molecule has 0 aromatic heterocycles. The van der Waals surface area contributed by atoms with Gasteiger partial charge in [0.15, 0.2) is 0 Å². The summed E-state index contributed by atoms with van der Waals surface area (Å²) in [5, 5.41) is 3.21. The van der Waals surface area contributed by atoms with Gasteiger partial charge in [-0.15, -0.1) is 11.8 Å². The Bertz CT molecular complexity index is 1220. The number of rotatable bonds is 7. The molecule has 0 aliphatic carbocycles. The van der Waals surface area contributed by atoms with Crippen molar-refractivity contribution in [1.82, 2.24) is 10.2 Å². The summed E-state index contributed by atoms with van der Waals surface area (Å²) in [5.41, 5.74) is 3.51. The second-order valence-corrected chi connectivity index (χ2v) is 10.6. The summed E-state index contributed by atoms with van der Waals surface area (Å²) in [5.74, 6) is 1.37. The smallest absolute Gasteiger partial charge is 0.251 e. The van der Waals surface area contributed by atoms with Crippen molar-refractivity contribution in [2.45, 2.75) is 56.7 Å². The number of ether oxygens (including phenoxy) is 1. The topological polar surface area (TPSA) is 58.6 Å². The zero-order chi connectivity index (χ0) is 25.1. The minimum Gasteiger partial charge on any atom is -0.487 e. The van der Waals surface area contributed by atoms with Gasteiger partial charge in [-0.05, 0) is 42.2 Å². The van der Waals surface area contributed by atoms with E-state index in [0.717, 1.165) is 41.7 Å². The van der Waals surface area contributed by atoms with E-state index in [0.29, 0.717) is 17.9 Å². The summed E-state index contributed by atoms with van der Waals surface area (Å²) < 4.78 is 6.38. The van der Waals surface area contributed by atoms with Crippen molar-refractivity contribution in [3.05, 3.63) is 101 Å². The average molecular weight is 501 g/mol. The van der Waals surface area contributed by atoms with Crippen molar-refractivity contribution in [1.29, 1.82) is 0 Å². The van der Waals surface area contributed by atoms with Crippen molar-refractivity contribution in [3.8, 4) is 5.75 Å². The van der Waals surface area contributed by atoms with Crippen LogP contribution in [0.4, 0.5) is 0 Å². The molecular formula is C30H32N2O3S. The molecule has 3 aromatic rings. The molecule has 2 atom stereocenters. The molecule has 5 rings (SSSR count). The maximum absolute atomic E-state index is 13.3. The average Bonchev–Trinajstić information content (AvgIpc) is 3.28. The third-order valence-corrected chi connectivity index (χ3v) is 8.67. The summed E-state index contributed by atoms with van der Waals surface area (Å²) in [4.78, 5) is 27.8. The molecule has 1 saturated heterocycles. The highest BCUT2D eigenvalue weighted by Crippen LogP contribution is 2.43. The van der Waals surface area contributed by atoms with Gasteiger partial charge in [0.05, 0.1) is 11.8 Å². The number of thioether (sulfide) groups is 1.